The SMILES string of the molecule is CCC(C)[C@H](O)[C@H](N)c1ccc(C)c(C)c1.Cl. The molecule has 2 nitrogen and oxygen atoms in total. The third-order valence-electron chi connectivity index (χ3n) is 3.51. The second kappa shape index (κ2) is 7.00. The molecule has 3 N–H and O–H groups in total. The number of benzene rings is 1. The maximum atomic E-state index is 10.1. The van der Waals surface area contributed by atoms with Crippen LogP contribution in [0.15, 0.2) is 18.2 Å². The molecular weight excluding hydrogens is 234 g/mol. The van der Waals surface area contributed by atoms with Crippen LogP contribution in [-0.4, -0.2) is 11.2 Å². The lowest BCUT2D eigenvalue weighted by atomic mass is 9.90. The normalized spacial score (nSPS) is 15.9. The smallest absolute Gasteiger partial charge is 0.0758 e. The first-order chi connectivity index (χ1) is 7.47. The van der Waals surface area contributed by atoms with E-state index in [2.05, 4.69) is 32.9 Å². The van der Waals surface area contributed by atoms with Gasteiger partial charge in [-0.15, -0.1) is 12.4 Å². The van der Waals surface area contributed by atoms with Gasteiger partial charge >= 0.3 is 0 Å². The van der Waals surface area contributed by atoms with Crippen molar-refractivity contribution in [3.8, 4) is 0 Å². The molecule has 0 spiro atoms. The van der Waals surface area contributed by atoms with E-state index in [4.69, 9.17) is 5.73 Å². The number of aliphatic hydroxyl groups excluding tert-OH is 1. The molecular formula is C14H24ClNO. The average Bonchev–Trinajstić information content (AvgIpc) is 2.29. The third kappa shape index (κ3) is 3.98. The highest BCUT2D eigenvalue weighted by molar-refractivity contribution is 5.85. The van der Waals surface area contributed by atoms with Crippen LogP contribution in [0.4, 0.5) is 0 Å². The lowest BCUT2D eigenvalue weighted by Crippen LogP contribution is -2.31. The molecule has 0 saturated heterocycles. The van der Waals surface area contributed by atoms with Crippen molar-refractivity contribution in [1.82, 2.24) is 0 Å². The lowest BCUT2D eigenvalue weighted by molar-refractivity contribution is 0.0880. The van der Waals surface area contributed by atoms with Crippen molar-refractivity contribution in [2.45, 2.75) is 46.3 Å². The molecule has 0 radical (unpaired) electrons. The van der Waals surface area contributed by atoms with E-state index in [0.29, 0.717) is 0 Å². The summed E-state index contributed by atoms with van der Waals surface area (Å²) < 4.78 is 0. The van der Waals surface area contributed by atoms with Crippen molar-refractivity contribution in [1.29, 1.82) is 0 Å². The van der Waals surface area contributed by atoms with Crippen molar-refractivity contribution in [3.63, 3.8) is 0 Å². The molecule has 3 heteroatoms. The number of halogens is 1. The van der Waals surface area contributed by atoms with Gasteiger partial charge in [0.05, 0.1) is 12.1 Å². The van der Waals surface area contributed by atoms with Crippen molar-refractivity contribution in [2.24, 2.45) is 11.7 Å². The van der Waals surface area contributed by atoms with Crippen molar-refractivity contribution >= 4 is 12.4 Å². The summed E-state index contributed by atoms with van der Waals surface area (Å²) in [5.74, 6) is 0.233. The summed E-state index contributed by atoms with van der Waals surface area (Å²) in [5, 5.41) is 10.1. The van der Waals surface area contributed by atoms with Crippen molar-refractivity contribution < 1.29 is 5.11 Å². The Bertz CT molecular complexity index is 354. The van der Waals surface area contributed by atoms with Crippen LogP contribution < -0.4 is 5.73 Å². The number of hydrogen-bond acceptors (Lipinski definition) is 2. The Kier molecular flexibility index (Phi) is 6.76. The van der Waals surface area contributed by atoms with E-state index in [9.17, 15) is 5.11 Å². The second-order valence-electron chi connectivity index (χ2n) is 4.75. The molecule has 17 heavy (non-hydrogen) atoms. The minimum Gasteiger partial charge on any atom is -0.391 e. The molecule has 0 aromatic heterocycles. The highest BCUT2D eigenvalue weighted by atomic mass is 35.5. The van der Waals surface area contributed by atoms with Gasteiger partial charge in [-0.25, -0.2) is 0 Å². The number of rotatable bonds is 4. The predicted octanol–water partition coefficient (Wildman–Crippen LogP) is 3.13. The first kappa shape index (κ1) is 16.4. The molecule has 0 saturated carbocycles. The van der Waals surface area contributed by atoms with Crippen LogP contribution in [0.3, 0.4) is 0 Å². The molecule has 0 heterocycles. The Morgan fingerprint density at radius 2 is 1.82 bits per heavy atom. The number of aryl methyl sites for hydroxylation is 2. The zero-order valence-electron chi connectivity index (χ0n) is 11.1. The molecule has 98 valence electrons. The van der Waals surface area contributed by atoms with Crippen molar-refractivity contribution in [2.75, 3.05) is 0 Å². The Hall–Kier alpha value is -0.570. The summed E-state index contributed by atoms with van der Waals surface area (Å²) in [6.07, 6.45) is 0.479. The summed E-state index contributed by atoms with van der Waals surface area (Å²) in [7, 11) is 0. The van der Waals surface area contributed by atoms with E-state index in [1.807, 2.05) is 13.0 Å². The minimum atomic E-state index is -0.466. The van der Waals surface area contributed by atoms with E-state index in [-0.39, 0.29) is 24.4 Å². The maximum absolute atomic E-state index is 10.1. The molecule has 0 aliphatic carbocycles. The lowest BCUT2D eigenvalue weighted by Gasteiger charge is -2.24. The van der Waals surface area contributed by atoms with Gasteiger partial charge in [0.2, 0.25) is 0 Å². The summed E-state index contributed by atoms with van der Waals surface area (Å²) in [5.41, 5.74) is 9.59. The average molecular weight is 258 g/mol. The van der Waals surface area contributed by atoms with Crippen LogP contribution in [0.5, 0.6) is 0 Å². The molecule has 3 atom stereocenters. The Balaban J connectivity index is 0.00000256. The Morgan fingerprint density at radius 1 is 1.24 bits per heavy atom. The quantitative estimate of drug-likeness (QED) is 0.871. The minimum absolute atomic E-state index is 0. The molecule has 1 aromatic carbocycles. The van der Waals surface area contributed by atoms with E-state index < -0.39 is 6.10 Å². The van der Waals surface area contributed by atoms with Gasteiger partial charge in [0, 0.05) is 0 Å². The third-order valence-corrected chi connectivity index (χ3v) is 3.51. The topological polar surface area (TPSA) is 46.2 Å². The van der Waals surface area contributed by atoms with Gasteiger partial charge in [-0.3, -0.25) is 0 Å². The van der Waals surface area contributed by atoms with Crippen LogP contribution in [0.2, 0.25) is 0 Å². The molecule has 0 aliphatic heterocycles. The summed E-state index contributed by atoms with van der Waals surface area (Å²) in [6, 6.07) is 5.87. The zero-order valence-corrected chi connectivity index (χ0v) is 11.9. The van der Waals surface area contributed by atoms with E-state index >= 15 is 0 Å². The second-order valence-corrected chi connectivity index (χ2v) is 4.75. The van der Waals surface area contributed by atoms with Gasteiger partial charge in [-0.2, -0.15) is 0 Å². The summed E-state index contributed by atoms with van der Waals surface area (Å²) in [6.45, 7) is 8.25. The standard InChI is InChI=1S/C14H23NO.ClH/c1-5-9(2)14(16)13(15)12-7-6-10(3)11(4)8-12;/h6-9,13-14,16H,5,15H2,1-4H3;1H/t9?,13-,14+;/m1./s1. The molecule has 0 bridgehead atoms. The van der Waals surface area contributed by atoms with Crippen molar-refractivity contribution in [3.05, 3.63) is 34.9 Å². The predicted molar refractivity (Wildman–Crippen MR) is 75.6 cm³/mol. The number of aliphatic hydroxyl groups is 1. The fourth-order valence-corrected chi connectivity index (χ4v) is 1.76. The molecule has 0 amide bonds. The first-order valence-electron chi connectivity index (χ1n) is 5.98. The van der Waals surface area contributed by atoms with Crippen LogP contribution in [0.1, 0.15) is 43.0 Å². The summed E-state index contributed by atoms with van der Waals surface area (Å²) in [4.78, 5) is 0. The highest BCUT2D eigenvalue weighted by Crippen LogP contribution is 2.23. The van der Waals surface area contributed by atoms with Crippen LogP contribution in [-0.2, 0) is 0 Å². The Labute approximate surface area is 111 Å². The molecule has 1 rings (SSSR count). The van der Waals surface area contributed by atoms with Gasteiger partial charge in [0.25, 0.3) is 0 Å². The molecule has 1 aromatic rings. The van der Waals surface area contributed by atoms with Crippen LogP contribution >= 0.6 is 12.4 Å². The summed E-state index contributed by atoms with van der Waals surface area (Å²) >= 11 is 0. The fourth-order valence-electron chi connectivity index (χ4n) is 1.76. The monoisotopic (exact) mass is 257 g/mol. The fraction of sp³-hybridized carbons (Fsp3) is 0.571. The number of hydrogen-bond donors (Lipinski definition) is 2. The van der Waals surface area contributed by atoms with Gasteiger partial charge in [-0.1, -0.05) is 38.5 Å². The van der Waals surface area contributed by atoms with Gasteiger partial charge in [-0.05, 0) is 36.5 Å². The molecule has 1 unspecified atom stereocenters. The molecule has 0 aliphatic rings. The number of nitrogens with two attached hydrogens (primary N) is 1. The van der Waals surface area contributed by atoms with Gasteiger partial charge < -0.3 is 10.8 Å². The van der Waals surface area contributed by atoms with E-state index in [1.165, 1.54) is 11.1 Å². The maximum Gasteiger partial charge on any atom is 0.0758 e. The first-order valence-corrected chi connectivity index (χ1v) is 5.98. The molecule has 0 fully saturated rings. The van der Waals surface area contributed by atoms with E-state index in [0.717, 1.165) is 12.0 Å². The Morgan fingerprint density at radius 3 is 2.29 bits per heavy atom. The van der Waals surface area contributed by atoms with Crippen LogP contribution in [0, 0.1) is 19.8 Å². The van der Waals surface area contributed by atoms with Gasteiger partial charge in [0.1, 0.15) is 0 Å². The zero-order chi connectivity index (χ0) is 12.3. The van der Waals surface area contributed by atoms with Crippen LogP contribution in [0.25, 0.3) is 0 Å². The highest BCUT2D eigenvalue weighted by Gasteiger charge is 2.21. The largest absolute Gasteiger partial charge is 0.391 e. The van der Waals surface area contributed by atoms with E-state index in [1.54, 1.807) is 0 Å². The van der Waals surface area contributed by atoms with Gasteiger partial charge in [0.15, 0.2) is 0 Å².